The van der Waals surface area contributed by atoms with E-state index in [1.807, 2.05) is 7.05 Å². The van der Waals surface area contributed by atoms with Crippen LogP contribution in [0.3, 0.4) is 0 Å². The second-order valence-electron chi connectivity index (χ2n) is 6.94. The molecule has 1 aromatic heterocycles. The monoisotopic (exact) mass is 375 g/mol. The highest BCUT2D eigenvalue weighted by molar-refractivity contribution is 7.18. The van der Waals surface area contributed by atoms with Crippen LogP contribution in [0.2, 0.25) is 0 Å². The normalized spacial score (nSPS) is 16.7. The molecule has 1 aliphatic rings. The predicted octanol–water partition coefficient (Wildman–Crippen LogP) is 2.92. The number of likely N-dealkylation sites (N-methyl/N-ethyl adjacent to an activating group) is 1. The summed E-state index contributed by atoms with van der Waals surface area (Å²) in [6.07, 6.45) is 4.26. The molecule has 5 nitrogen and oxygen atoms in total. The molecular weight excluding hydrogens is 346 g/mol. The Morgan fingerprint density at radius 2 is 2.19 bits per heavy atom. The van der Waals surface area contributed by atoms with Gasteiger partial charge in [0.15, 0.2) is 0 Å². The zero-order valence-electron chi connectivity index (χ0n) is 15.7. The molecule has 1 unspecified atom stereocenters. The number of benzene rings is 1. The summed E-state index contributed by atoms with van der Waals surface area (Å²) in [5, 5.41) is 7.48. The van der Waals surface area contributed by atoms with Gasteiger partial charge in [-0.15, -0.1) is 11.3 Å². The number of fused-ring (bicyclic) bond motifs is 1. The lowest BCUT2D eigenvalue weighted by molar-refractivity contribution is -0.122. The van der Waals surface area contributed by atoms with E-state index in [0.717, 1.165) is 49.5 Å². The standard InChI is InChI=1S/C20H29N3O2S/c1-3-14-4-5-16-18(12-14)26-20(23-16)7-6-19(24)22-17(13-21-2)15-8-10-25-11-9-15/h4-5,12,15,17,21H,3,6-11,13H2,1-2H3,(H,22,24). The minimum Gasteiger partial charge on any atom is -0.381 e. The highest BCUT2D eigenvalue weighted by Crippen LogP contribution is 2.24. The maximum Gasteiger partial charge on any atom is 0.220 e. The van der Waals surface area contributed by atoms with Crippen LogP contribution >= 0.6 is 11.3 Å². The van der Waals surface area contributed by atoms with Gasteiger partial charge >= 0.3 is 0 Å². The van der Waals surface area contributed by atoms with E-state index in [0.29, 0.717) is 18.8 Å². The molecule has 1 saturated heterocycles. The number of thiazole rings is 1. The minimum absolute atomic E-state index is 0.116. The van der Waals surface area contributed by atoms with Gasteiger partial charge in [0, 0.05) is 38.6 Å². The fraction of sp³-hybridized carbons (Fsp3) is 0.600. The Morgan fingerprint density at radius 1 is 1.38 bits per heavy atom. The molecule has 2 heterocycles. The second kappa shape index (κ2) is 9.44. The van der Waals surface area contributed by atoms with Gasteiger partial charge < -0.3 is 15.4 Å². The lowest BCUT2D eigenvalue weighted by Gasteiger charge is -2.31. The van der Waals surface area contributed by atoms with Gasteiger partial charge in [-0.05, 0) is 49.9 Å². The summed E-state index contributed by atoms with van der Waals surface area (Å²) >= 11 is 1.71. The van der Waals surface area contributed by atoms with E-state index in [2.05, 4.69) is 40.7 Å². The Morgan fingerprint density at radius 3 is 2.92 bits per heavy atom. The molecule has 6 heteroatoms. The van der Waals surface area contributed by atoms with Crippen molar-refractivity contribution in [1.29, 1.82) is 0 Å². The first-order valence-corrected chi connectivity index (χ1v) is 10.4. The van der Waals surface area contributed by atoms with Crippen molar-refractivity contribution in [2.24, 2.45) is 5.92 Å². The van der Waals surface area contributed by atoms with E-state index in [1.54, 1.807) is 11.3 Å². The van der Waals surface area contributed by atoms with Crippen molar-refractivity contribution in [2.45, 2.75) is 45.1 Å². The second-order valence-corrected chi connectivity index (χ2v) is 8.06. The number of ether oxygens (including phenoxy) is 1. The summed E-state index contributed by atoms with van der Waals surface area (Å²) in [7, 11) is 1.93. The Balaban J connectivity index is 1.55. The molecule has 26 heavy (non-hydrogen) atoms. The highest BCUT2D eigenvalue weighted by atomic mass is 32.1. The number of carbonyl (C=O) groups is 1. The van der Waals surface area contributed by atoms with Gasteiger partial charge in [-0.2, -0.15) is 0 Å². The molecule has 1 fully saturated rings. The van der Waals surface area contributed by atoms with E-state index in [4.69, 9.17) is 4.74 Å². The lowest BCUT2D eigenvalue weighted by Crippen LogP contribution is -2.47. The summed E-state index contributed by atoms with van der Waals surface area (Å²) in [4.78, 5) is 17.1. The van der Waals surface area contributed by atoms with Crippen LogP contribution in [-0.2, 0) is 22.4 Å². The topological polar surface area (TPSA) is 63.2 Å². The first kappa shape index (κ1) is 19.3. The maximum atomic E-state index is 12.5. The third-order valence-electron chi connectivity index (χ3n) is 5.08. The predicted molar refractivity (Wildman–Crippen MR) is 107 cm³/mol. The number of hydrogen-bond acceptors (Lipinski definition) is 5. The van der Waals surface area contributed by atoms with Gasteiger partial charge in [-0.3, -0.25) is 4.79 Å². The average Bonchev–Trinajstić information content (AvgIpc) is 3.08. The number of amides is 1. The molecule has 0 saturated carbocycles. The average molecular weight is 376 g/mol. The van der Waals surface area contributed by atoms with Crippen LogP contribution in [0.25, 0.3) is 10.2 Å². The van der Waals surface area contributed by atoms with Crippen molar-refractivity contribution in [2.75, 3.05) is 26.8 Å². The van der Waals surface area contributed by atoms with Crippen LogP contribution in [0.1, 0.15) is 36.8 Å². The first-order chi connectivity index (χ1) is 12.7. The summed E-state index contributed by atoms with van der Waals surface area (Å²) in [5.41, 5.74) is 2.37. The zero-order chi connectivity index (χ0) is 18.4. The van der Waals surface area contributed by atoms with E-state index < -0.39 is 0 Å². The van der Waals surface area contributed by atoms with E-state index in [1.165, 1.54) is 10.3 Å². The van der Waals surface area contributed by atoms with Crippen molar-refractivity contribution in [3.05, 3.63) is 28.8 Å². The third-order valence-corrected chi connectivity index (χ3v) is 6.15. The molecule has 1 atom stereocenters. The quantitative estimate of drug-likeness (QED) is 0.745. The third kappa shape index (κ3) is 5.02. The van der Waals surface area contributed by atoms with Crippen LogP contribution in [0.4, 0.5) is 0 Å². The van der Waals surface area contributed by atoms with Gasteiger partial charge in [0.1, 0.15) is 0 Å². The molecule has 1 amide bonds. The summed E-state index contributed by atoms with van der Waals surface area (Å²) in [6.45, 7) is 4.56. The number of nitrogens with one attached hydrogen (secondary N) is 2. The molecule has 2 N–H and O–H groups in total. The van der Waals surface area contributed by atoms with Crippen molar-refractivity contribution in [3.63, 3.8) is 0 Å². The van der Waals surface area contributed by atoms with Crippen LogP contribution < -0.4 is 10.6 Å². The zero-order valence-corrected chi connectivity index (χ0v) is 16.5. The van der Waals surface area contributed by atoms with E-state index >= 15 is 0 Å². The number of aromatic nitrogens is 1. The highest BCUT2D eigenvalue weighted by Gasteiger charge is 2.24. The molecule has 1 aliphatic heterocycles. The Hall–Kier alpha value is -1.50. The first-order valence-electron chi connectivity index (χ1n) is 9.59. The van der Waals surface area contributed by atoms with Crippen molar-refractivity contribution in [1.82, 2.24) is 15.6 Å². The number of nitrogens with zero attached hydrogens (tertiary/aromatic N) is 1. The summed E-state index contributed by atoms with van der Waals surface area (Å²) < 4.78 is 6.66. The van der Waals surface area contributed by atoms with Gasteiger partial charge in [0.25, 0.3) is 0 Å². The fourth-order valence-electron chi connectivity index (χ4n) is 3.52. The van der Waals surface area contributed by atoms with Crippen molar-refractivity contribution >= 4 is 27.5 Å². The van der Waals surface area contributed by atoms with Gasteiger partial charge in [0.2, 0.25) is 5.91 Å². The molecule has 0 bridgehead atoms. The molecular formula is C20H29N3O2S. The van der Waals surface area contributed by atoms with Gasteiger partial charge in [-0.25, -0.2) is 4.98 Å². The Bertz CT molecular complexity index is 725. The van der Waals surface area contributed by atoms with Crippen LogP contribution in [-0.4, -0.2) is 43.7 Å². The fourth-order valence-corrected chi connectivity index (χ4v) is 4.55. The SMILES string of the molecule is CCc1ccc2nc(CCC(=O)NC(CNC)C3CCOCC3)sc2c1. The van der Waals surface area contributed by atoms with E-state index in [-0.39, 0.29) is 11.9 Å². The molecule has 142 valence electrons. The van der Waals surface area contributed by atoms with Crippen LogP contribution in [0.15, 0.2) is 18.2 Å². The minimum atomic E-state index is 0.116. The lowest BCUT2D eigenvalue weighted by atomic mass is 9.91. The van der Waals surface area contributed by atoms with Crippen molar-refractivity contribution < 1.29 is 9.53 Å². The van der Waals surface area contributed by atoms with Crippen LogP contribution in [0.5, 0.6) is 0 Å². The van der Waals surface area contributed by atoms with E-state index in [9.17, 15) is 4.79 Å². The molecule has 0 radical (unpaired) electrons. The molecule has 0 spiro atoms. The summed E-state index contributed by atoms with van der Waals surface area (Å²) in [6, 6.07) is 6.61. The van der Waals surface area contributed by atoms with Crippen LogP contribution in [0, 0.1) is 5.92 Å². The molecule has 2 aromatic rings. The number of aryl methyl sites for hydroxylation is 2. The summed E-state index contributed by atoms with van der Waals surface area (Å²) in [5.74, 6) is 0.611. The number of rotatable bonds is 8. The number of hydrogen-bond donors (Lipinski definition) is 2. The largest absolute Gasteiger partial charge is 0.381 e. The maximum absolute atomic E-state index is 12.5. The Kier molecular flexibility index (Phi) is 7.00. The molecule has 1 aromatic carbocycles. The Labute approximate surface area is 159 Å². The van der Waals surface area contributed by atoms with Gasteiger partial charge in [0.05, 0.1) is 15.2 Å². The smallest absolute Gasteiger partial charge is 0.220 e. The molecule has 0 aliphatic carbocycles. The van der Waals surface area contributed by atoms with Gasteiger partial charge in [-0.1, -0.05) is 13.0 Å². The molecule has 3 rings (SSSR count). The number of carbonyl (C=O) groups excluding carboxylic acids is 1. The van der Waals surface area contributed by atoms with Crippen molar-refractivity contribution in [3.8, 4) is 0 Å².